The molecule has 1 aromatic heterocycles. The van der Waals surface area contributed by atoms with Crippen LogP contribution in [0.4, 0.5) is 10.1 Å². The Morgan fingerprint density at radius 3 is 2.88 bits per heavy atom. The molecule has 1 aliphatic heterocycles. The SMILES string of the molecule is Cc1ccc(F)c(N=C2NN=C(c3cc4ccccc4o3)CS2)c1. The first kappa shape index (κ1) is 15.0. The smallest absolute Gasteiger partial charge is 0.182 e. The first-order chi connectivity index (χ1) is 11.7. The van der Waals surface area contributed by atoms with E-state index in [4.69, 9.17) is 4.42 Å². The topological polar surface area (TPSA) is 49.9 Å². The highest BCUT2D eigenvalue weighted by Crippen LogP contribution is 2.24. The van der Waals surface area contributed by atoms with Gasteiger partial charge in [-0.3, -0.25) is 5.43 Å². The average molecular weight is 339 g/mol. The van der Waals surface area contributed by atoms with Crippen molar-refractivity contribution in [2.45, 2.75) is 6.92 Å². The zero-order chi connectivity index (χ0) is 16.5. The summed E-state index contributed by atoms with van der Waals surface area (Å²) < 4.78 is 19.6. The fraction of sp³-hybridized carbons (Fsp3) is 0.111. The van der Waals surface area contributed by atoms with E-state index in [0.717, 1.165) is 28.0 Å². The number of furan rings is 1. The summed E-state index contributed by atoms with van der Waals surface area (Å²) in [6.07, 6.45) is 0. The van der Waals surface area contributed by atoms with Crippen molar-refractivity contribution < 1.29 is 8.81 Å². The molecule has 24 heavy (non-hydrogen) atoms. The molecule has 0 bridgehead atoms. The molecule has 3 aromatic rings. The summed E-state index contributed by atoms with van der Waals surface area (Å²) >= 11 is 1.47. The molecule has 2 heterocycles. The van der Waals surface area contributed by atoms with Gasteiger partial charge in [0.15, 0.2) is 10.9 Å². The van der Waals surface area contributed by atoms with Gasteiger partial charge in [-0.25, -0.2) is 9.38 Å². The van der Waals surface area contributed by atoms with Crippen molar-refractivity contribution >= 4 is 39.3 Å². The van der Waals surface area contributed by atoms with Gasteiger partial charge in [-0.05, 0) is 36.8 Å². The molecule has 0 amide bonds. The second kappa shape index (κ2) is 6.13. The van der Waals surface area contributed by atoms with Crippen LogP contribution in [0.15, 0.2) is 63.0 Å². The minimum Gasteiger partial charge on any atom is -0.455 e. The molecular weight excluding hydrogens is 325 g/mol. The Bertz CT molecular complexity index is 944. The Balaban J connectivity index is 1.58. The van der Waals surface area contributed by atoms with E-state index in [2.05, 4.69) is 15.5 Å². The standard InChI is InChI=1S/C18H14FN3OS/c1-11-6-7-13(19)14(8-11)20-18-22-21-15(10-24-18)17-9-12-4-2-3-5-16(12)23-17/h2-9H,10H2,1H3,(H,20,22). The highest BCUT2D eigenvalue weighted by Gasteiger charge is 2.17. The van der Waals surface area contributed by atoms with Crippen LogP contribution in [0.5, 0.6) is 0 Å². The van der Waals surface area contributed by atoms with E-state index in [1.165, 1.54) is 17.8 Å². The van der Waals surface area contributed by atoms with Crippen LogP contribution in [0, 0.1) is 12.7 Å². The molecule has 2 aromatic carbocycles. The third-order valence-electron chi connectivity index (χ3n) is 3.67. The lowest BCUT2D eigenvalue weighted by atomic mass is 10.2. The van der Waals surface area contributed by atoms with Gasteiger partial charge in [0.05, 0.1) is 0 Å². The molecule has 120 valence electrons. The van der Waals surface area contributed by atoms with Crippen molar-refractivity contribution in [1.82, 2.24) is 5.43 Å². The van der Waals surface area contributed by atoms with Gasteiger partial charge < -0.3 is 4.42 Å². The van der Waals surface area contributed by atoms with E-state index in [0.29, 0.717) is 16.6 Å². The summed E-state index contributed by atoms with van der Waals surface area (Å²) in [5.74, 6) is 0.999. The molecule has 0 unspecified atom stereocenters. The van der Waals surface area contributed by atoms with Crippen molar-refractivity contribution in [2.24, 2.45) is 10.1 Å². The predicted octanol–water partition coefficient (Wildman–Crippen LogP) is 4.61. The average Bonchev–Trinajstić information content (AvgIpc) is 3.03. The third kappa shape index (κ3) is 2.92. The largest absolute Gasteiger partial charge is 0.455 e. The van der Waals surface area contributed by atoms with Gasteiger partial charge in [0, 0.05) is 11.1 Å². The molecule has 1 aliphatic rings. The van der Waals surface area contributed by atoms with Crippen LogP contribution in [-0.4, -0.2) is 16.6 Å². The highest BCUT2D eigenvalue weighted by atomic mass is 32.2. The lowest BCUT2D eigenvalue weighted by Crippen LogP contribution is -2.24. The van der Waals surface area contributed by atoms with Crippen LogP contribution in [-0.2, 0) is 0 Å². The number of benzene rings is 2. The first-order valence-electron chi connectivity index (χ1n) is 7.48. The number of nitrogens with zero attached hydrogens (tertiary/aromatic N) is 2. The number of aryl methyl sites for hydroxylation is 1. The lowest BCUT2D eigenvalue weighted by molar-refractivity contribution is 0.603. The number of hydrogen-bond acceptors (Lipinski definition) is 4. The fourth-order valence-electron chi connectivity index (χ4n) is 2.44. The van der Waals surface area contributed by atoms with E-state index in [1.807, 2.05) is 37.3 Å². The number of nitrogens with one attached hydrogen (secondary N) is 1. The van der Waals surface area contributed by atoms with Crippen molar-refractivity contribution in [2.75, 3.05) is 5.75 Å². The third-order valence-corrected chi connectivity index (χ3v) is 4.54. The first-order valence-corrected chi connectivity index (χ1v) is 8.47. The summed E-state index contributed by atoms with van der Waals surface area (Å²) in [4.78, 5) is 4.31. The number of halogens is 1. The number of hydrazone groups is 1. The molecule has 0 saturated carbocycles. The predicted molar refractivity (Wildman–Crippen MR) is 96.6 cm³/mol. The number of fused-ring (bicyclic) bond motifs is 1. The minimum atomic E-state index is -0.345. The summed E-state index contributed by atoms with van der Waals surface area (Å²) in [5, 5.41) is 5.94. The Hall–Kier alpha value is -2.60. The molecule has 0 aliphatic carbocycles. The molecular formula is C18H14FN3OS. The summed E-state index contributed by atoms with van der Waals surface area (Å²) in [6, 6.07) is 14.7. The highest BCUT2D eigenvalue weighted by molar-refractivity contribution is 8.14. The fourth-order valence-corrected chi connectivity index (χ4v) is 3.20. The zero-order valence-electron chi connectivity index (χ0n) is 12.9. The summed E-state index contributed by atoms with van der Waals surface area (Å²) in [5.41, 5.74) is 5.80. The van der Waals surface area contributed by atoms with E-state index in [9.17, 15) is 4.39 Å². The van der Waals surface area contributed by atoms with Gasteiger partial charge in [-0.15, -0.1) is 0 Å². The maximum absolute atomic E-state index is 13.8. The van der Waals surface area contributed by atoms with Crippen molar-refractivity contribution in [3.05, 3.63) is 65.7 Å². The lowest BCUT2D eigenvalue weighted by Gasteiger charge is -2.13. The monoisotopic (exact) mass is 339 g/mol. The van der Waals surface area contributed by atoms with Crippen LogP contribution in [0.1, 0.15) is 11.3 Å². The van der Waals surface area contributed by atoms with Crippen molar-refractivity contribution in [3.8, 4) is 0 Å². The number of para-hydroxylation sites is 1. The zero-order valence-corrected chi connectivity index (χ0v) is 13.7. The Labute approximate surface area is 142 Å². The van der Waals surface area contributed by atoms with Gasteiger partial charge >= 0.3 is 0 Å². The number of aliphatic imine (C=N–C) groups is 1. The molecule has 0 radical (unpaired) electrons. The number of rotatable bonds is 2. The second-order valence-corrected chi connectivity index (χ2v) is 6.44. The second-order valence-electron chi connectivity index (χ2n) is 5.48. The van der Waals surface area contributed by atoms with Gasteiger partial charge in [-0.2, -0.15) is 5.10 Å². The van der Waals surface area contributed by atoms with Crippen LogP contribution in [0.25, 0.3) is 11.0 Å². The van der Waals surface area contributed by atoms with E-state index >= 15 is 0 Å². The van der Waals surface area contributed by atoms with Gasteiger partial charge in [0.1, 0.15) is 22.8 Å². The normalized spacial score (nSPS) is 16.2. The maximum atomic E-state index is 13.8. The minimum absolute atomic E-state index is 0.312. The van der Waals surface area contributed by atoms with E-state index in [1.54, 1.807) is 12.1 Å². The van der Waals surface area contributed by atoms with Crippen LogP contribution >= 0.6 is 11.8 Å². The number of thioether (sulfide) groups is 1. The van der Waals surface area contributed by atoms with Gasteiger partial charge in [-0.1, -0.05) is 36.0 Å². The number of amidine groups is 1. The quantitative estimate of drug-likeness (QED) is 0.742. The van der Waals surface area contributed by atoms with E-state index < -0.39 is 0 Å². The maximum Gasteiger partial charge on any atom is 0.182 e. The summed E-state index contributed by atoms with van der Waals surface area (Å²) in [6.45, 7) is 1.91. The summed E-state index contributed by atoms with van der Waals surface area (Å²) in [7, 11) is 0. The van der Waals surface area contributed by atoms with E-state index in [-0.39, 0.29) is 5.82 Å². The molecule has 4 nitrogen and oxygen atoms in total. The van der Waals surface area contributed by atoms with Gasteiger partial charge in [0.2, 0.25) is 0 Å². The Morgan fingerprint density at radius 1 is 1.21 bits per heavy atom. The van der Waals surface area contributed by atoms with Gasteiger partial charge in [0.25, 0.3) is 0 Å². The molecule has 1 N–H and O–H groups in total. The Kier molecular flexibility index (Phi) is 3.82. The van der Waals surface area contributed by atoms with Crippen molar-refractivity contribution in [3.63, 3.8) is 0 Å². The Morgan fingerprint density at radius 2 is 2.08 bits per heavy atom. The molecule has 6 heteroatoms. The number of hydrogen-bond donors (Lipinski definition) is 1. The molecule has 0 saturated heterocycles. The molecule has 0 spiro atoms. The van der Waals surface area contributed by atoms with Crippen LogP contribution in [0.3, 0.4) is 0 Å². The van der Waals surface area contributed by atoms with Crippen molar-refractivity contribution in [1.29, 1.82) is 0 Å². The molecule has 4 rings (SSSR count). The molecule has 0 atom stereocenters. The molecule has 0 fully saturated rings. The van der Waals surface area contributed by atoms with Crippen LogP contribution in [0.2, 0.25) is 0 Å². The van der Waals surface area contributed by atoms with Crippen LogP contribution < -0.4 is 5.43 Å².